The minimum absolute atomic E-state index is 0.183. The van der Waals surface area contributed by atoms with Gasteiger partial charge in [-0.2, -0.15) is 13.2 Å². The highest BCUT2D eigenvalue weighted by atomic mass is 19.4. The van der Waals surface area contributed by atoms with Gasteiger partial charge in [-0.15, -0.1) is 0 Å². The molecule has 2 N–H and O–H groups in total. The zero-order valence-corrected chi connectivity index (χ0v) is 12.5. The standard InChI is InChI=1S/C15H20F3N3O/c1-20-4-6-21(7-5-20)10-12-3-2-11(9-14(19)22)8-13(12)15(16,17)18/h2-3,8H,4-7,9-10H2,1H3,(H2,19,22). The summed E-state index contributed by atoms with van der Waals surface area (Å²) in [5, 5.41) is 0. The summed E-state index contributed by atoms with van der Waals surface area (Å²) < 4.78 is 39.7. The van der Waals surface area contributed by atoms with Crippen molar-refractivity contribution >= 4 is 5.91 Å². The number of likely N-dealkylation sites (N-methyl/N-ethyl adjacent to an activating group) is 1. The van der Waals surface area contributed by atoms with Crippen molar-refractivity contribution < 1.29 is 18.0 Å². The van der Waals surface area contributed by atoms with Gasteiger partial charge in [-0.05, 0) is 24.2 Å². The predicted molar refractivity (Wildman–Crippen MR) is 77.1 cm³/mol. The van der Waals surface area contributed by atoms with Crippen molar-refractivity contribution in [1.82, 2.24) is 9.80 Å². The van der Waals surface area contributed by atoms with E-state index in [9.17, 15) is 18.0 Å². The van der Waals surface area contributed by atoms with Gasteiger partial charge in [-0.1, -0.05) is 12.1 Å². The fourth-order valence-corrected chi connectivity index (χ4v) is 2.58. The Morgan fingerprint density at radius 2 is 1.86 bits per heavy atom. The zero-order valence-electron chi connectivity index (χ0n) is 12.5. The van der Waals surface area contributed by atoms with Gasteiger partial charge in [0, 0.05) is 32.7 Å². The first-order valence-corrected chi connectivity index (χ1v) is 7.14. The molecule has 1 aliphatic heterocycles. The normalized spacial score (nSPS) is 17.6. The lowest BCUT2D eigenvalue weighted by Gasteiger charge is -2.33. The number of hydrogen-bond acceptors (Lipinski definition) is 3. The van der Waals surface area contributed by atoms with E-state index in [4.69, 9.17) is 5.73 Å². The van der Waals surface area contributed by atoms with E-state index in [2.05, 4.69) is 4.90 Å². The highest BCUT2D eigenvalue weighted by molar-refractivity contribution is 5.76. The number of piperazine rings is 1. The van der Waals surface area contributed by atoms with Crippen LogP contribution >= 0.6 is 0 Å². The number of nitrogens with two attached hydrogens (primary N) is 1. The van der Waals surface area contributed by atoms with Crippen LogP contribution in [0.5, 0.6) is 0 Å². The Kier molecular flexibility index (Phi) is 5.08. The highest BCUT2D eigenvalue weighted by Crippen LogP contribution is 2.33. The van der Waals surface area contributed by atoms with Crippen LogP contribution in [0.4, 0.5) is 13.2 Å². The number of carbonyl (C=O) groups excluding carboxylic acids is 1. The summed E-state index contributed by atoms with van der Waals surface area (Å²) in [6, 6.07) is 4.04. The predicted octanol–water partition coefficient (Wildman–Crippen LogP) is 1.48. The minimum atomic E-state index is -4.43. The second kappa shape index (κ2) is 6.66. The average Bonchev–Trinajstić information content (AvgIpc) is 2.41. The first kappa shape index (κ1) is 16.8. The molecule has 0 bridgehead atoms. The van der Waals surface area contributed by atoms with E-state index in [0.29, 0.717) is 5.56 Å². The van der Waals surface area contributed by atoms with Crippen molar-refractivity contribution in [2.24, 2.45) is 5.73 Å². The summed E-state index contributed by atoms with van der Waals surface area (Å²) in [5.74, 6) is -0.639. The zero-order chi connectivity index (χ0) is 16.3. The van der Waals surface area contributed by atoms with E-state index in [-0.39, 0.29) is 18.5 Å². The summed E-state index contributed by atoms with van der Waals surface area (Å²) in [6.07, 6.45) is -4.62. The molecule has 0 spiro atoms. The molecule has 0 atom stereocenters. The van der Waals surface area contributed by atoms with Gasteiger partial charge in [0.2, 0.25) is 5.91 Å². The quantitative estimate of drug-likeness (QED) is 0.916. The topological polar surface area (TPSA) is 49.6 Å². The number of primary amides is 1. The number of halogens is 3. The van der Waals surface area contributed by atoms with Gasteiger partial charge in [0.1, 0.15) is 0 Å². The molecular weight excluding hydrogens is 295 g/mol. The van der Waals surface area contributed by atoms with Crippen LogP contribution < -0.4 is 5.73 Å². The molecule has 0 aromatic heterocycles. The van der Waals surface area contributed by atoms with E-state index in [1.807, 2.05) is 11.9 Å². The maximum Gasteiger partial charge on any atom is 0.416 e. The highest BCUT2D eigenvalue weighted by Gasteiger charge is 2.34. The van der Waals surface area contributed by atoms with Crippen molar-refractivity contribution in [3.8, 4) is 0 Å². The molecule has 0 unspecified atom stereocenters. The van der Waals surface area contributed by atoms with Gasteiger partial charge >= 0.3 is 6.18 Å². The fraction of sp³-hybridized carbons (Fsp3) is 0.533. The molecule has 1 aromatic carbocycles. The molecule has 0 saturated carbocycles. The van der Waals surface area contributed by atoms with Gasteiger partial charge in [0.15, 0.2) is 0 Å². The molecule has 1 fully saturated rings. The van der Waals surface area contributed by atoms with Crippen molar-refractivity contribution in [1.29, 1.82) is 0 Å². The van der Waals surface area contributed by atoms with Gasteiger partial charge in [-0.25, -0.2) is 0 Å². The first-order valence-electron chi connectivity index (χ1n) is 7.14. The Labute approximate surface area is 127 Å². The third kappa shape index (κ3) is 4.45. The Hall–Kier alpha value is -1.60. The number of amides is 1. The number of nitrogens with zero attached hydrogens (tertiary/aromatic N) is 2. The van der Waals surface area contributed by atoms with Crippen LogP contribution in [0.2, 0.25) is 0 Å². The van der Waals surface area contributed by atoms with Crippen LogP contribution in [-0.2, 0) is 23.9 Å². The Bertz CT molecular complexity index is 537. The molecule has 1 amide bonds. The van der Waals surface area contributed by atoms with Crippen molar-refractivity contribution in [2.75, 3.05) is 33.2 Å². The smallest absolute Gasteiger partial charge is 0.369 e. The van der Waals surface area contributed by atoms with Gasteiger partial charge in [0.05, 0.1) is 12.0 Å². The summed E-state index contributed by atoms with van der Waals surface area (Å²) in [6.45, 7) is 3.45. The molecule has 22 heavy (non-hydrogen) atoms. The first-order chi connectivity index (χ1) is 10.3. The summed E-state index contributed by atoms with van der Waals surface area (Å²) >= 11 is 0. The Balaban J connectivity index is 2.20. The molecule has 0 radical (unpaired) electrons. The van der Waals surface area contributed by atoms with Crippen molar-refractivity contribution in [2.45, 2.75) is 19.1 Å². The second-order valence-corrected chi connectivity index (χ2v) is 5.71. The molecule has 1 heterocycles. The SMILES string of the molecule is CN1CCN(Cc2ccc(CC(N)=O)cc2C(F)(F)F)CC1. The lowest BCUT2D eigenvalue weighted by molar-refractivity contribution is -0.138. The van der Waals surface area contributed by atoms with E-state index >= 15 is 0 Å². The lowest BCUT2D eigenvalue weighted by atomic mass is 10.0. The largest absolute Gasteiger partial charge is 0.416 e. The van der Waals surface area contributed by atoms with Crippen LogP contribution in [0.3, 0.4) is 0 Å². The van der Waals surface area contributed by atoms with E-state index in [0.717, 1.165) is 32.2 Å². The molecule has 2 rings (SSSR count). The molecule has 122 valence electrons. The molecule has 1 aliphatic rings. The van der Waals surface area contributed by atoms with E-state index in [1.165, 1.54) is 6.07 Å². The van der Waals surface area contributed by atoms with Crippen LogP contribution in [0.1, 0.15) is 16.7 Å². The Morgan fingerprint density at radius 1 is 1.23 bits per heavy atom. The number of carbonyl (C=O) groups is 1. The maximum absolute atomic E-state index is 13.2. The summed E-state index contributed by atoms with van der Waals surface area (Å²) in [7, 11) is 2.00. The maximum atomic E-state index is 13.2. The van der Waals surface area contributed by atoms with Crippen LogP contribution in [0, 0.1) is 0 Å². The third-order valence-corrected chi connectivity index (χ3v) is 3.85. The van der Waals surface area contributed by atoms with Crippen LogP contribution in [0.15, 0.2) is 18.2 Å². The van der Waals surface area contributed by atoms with Gasteiger partial charge in [0.25, 0.3) is 0 Å². The molecular formula is C15H20F3N3O. The third-order valence-electron chi connectivity index (χ3n) is 3.85. The van der Waals surface area contributed by atoms with Gasteiger partial charge < -0.3 is 10.6 Å². The number of alkyl halides is 3. The lowest BCUT2D eigenvalue weighted by Crippen LogP contribution is -2.44. The number of hydrogen-bond donors (Lipinski definition) is 1. The summed E-state index contributed by atoms with van der Waals surface area (Å²) in [4.78, 5) is 15.1. The molecule has 0 aliphatic carbocycles. The van der Waals surface area contributed by atoms with Crippen molar-refractivity contribution in [3.63, 3.8) is 0 Å². The van der Waals surface area contributed by atoms with E-state index in [1.54, 1.807) is 6.07 Å². The number of benzene rings is 1. The molecule has 7 heteroatoms. The van der Waals surface area contributed by atoms with Crippen LogP contribution in [0.25, 0.3) is 0 Å². The van der Waals surface area contributed by atoms with Crippen LogP contribution in [-0.4, -0.2) is 48.9 Å². The van der Waals surface area contributed by atoms with Crippen molar-refractivity contribution in [3.05, 3.63) is 34.9 Å². The van der Waals surface area contributed by atoms with E-state index < -0.39 is 17.6 Å². The minimum Gasteiger partial charge on any atom is -0.369 e. The molecule has 1 saturated heterocycles. The second-order valence-electron chi connectivity index (χ2n) is 5.71. The fourth-order valence-electron chi connectivity index (χ4n) is 2.58. The average molecular weight is 315 g/mol. The van der Waals surface area contributed by atoms with Gasteiger partial charge in [-0.3, -0.25) is 9.69 Å². The number of rotatable bonds is 4. The monoisotopic (exact) mass is 315 g/mol. The molecule has 1 aromatic rings. The Morgan fingerprint density at radius 3 is 2.41 bits per heavy atom. The summed E-state index contributed by atoms with van der Waals surface area (Å²) in [5.41, 5.74) is 4.91. The molecule has 4 nitrogen and oxygen atoms in total.